The molecule has 1 aliphatic carbocycles. The summed E-state index contributed by atoms with van der Waals surface area (Å²) >= 11 is 1.56. The average Bonchev–Trinajstić information content (AvgIpc) is 3.00. The first-order valence-electron chi connectivity index (χ1n) is 6.38. The van der Waals surface area contributed by atoms with Gasteiger partial charge in [0.15, 0.2) is 0 Å². The molecule has 0 radical (unpaired) electrons. The predicted octanol–water partition coefficient (Wildman–Crippen LogP) is 2.25. The van der Waals surface area contributed by atoms with Crippen LogP contribution >= 0.6 is 11.3 Å². The SMILES string of the molecule is Nc1cnc(-c2cn(-c3nccs3)nc2C2CC2)cn1. The van der Waals surface area contributed by atoms with Gasteiger partial charge in [-0.2, -0.15) is 5.10 Å². The summed E-state index contributed by atoms with van der Waals surface area (Å²) in [5.74, 6) is 0.958. The summed E-state index contributed by atoms with van der Waals surface area (Å²) in [7, 11) is 0. The van der Waals surface area contributed by atoms with Gasteiger partial charge in [0.2, 0.25) is 5.13 Å². The highest BCUT2D eigenvalue weighted by atomic mass is 32.1. The minimum Gasteiger partial charge on any atom is -0.382 e. The second kappa shape index (κ2) is 4.38. The van der Waals surface area contributed by atoms with Gasteiger partial charge in [0.05, 0.1) is 23.8 Å². The van der Waals surface area contributed by atoms with Crippen LogP contribution in [0.1, 0.15) is 24.5 Å². The van der Waals surface area contributed by atoms with E-state index in [2.05, 4.69) is 20.1 Å². The minimum atomic E-state index is 0.425. The van der Waals surface area contributed by atoms with E-state index in [0.717, 1.165) is 22.1 Å². The van der Waals surface area contributed by atoms with Gasteiger partial charge in [-0.15, -0.1) is 11.3 Å². The van der Waals surface area contributed by atoms with Crippen LogP contribution in [0.3, 0.4) is 0 Å². The fourth-order valence-corrected chi connectivity index (χ4v) is 2.71. The van der Waals surface area contributed by atoms with Crippen LogP contribution in [0.25, 0.3) is 16.4 Å². The number of anilines is 1. The largest absolute Gasteiger partial charge is 0.382 e. The molecule has 3 aromatic heterocycles. The quantitative estimate of drug-likeness (QED) is 0.797. The van der Waals surface area contributed by atoms with Crippen LogP contribution in [0.4, 0.5) is 5.82 Å². The third-order valence-corrected chi connectivity index (χ3v) is 4.03. The first-order chi connectivity index (χ1) is 9.81. The van der Waals surface area contributed by atoms with Gasteiger partial charge in [0.1, 0.15) is 5.82 Å². The van der Waals surface area contributed by atoms with Crippen LogP contribution in [-0.4, -0.2) is 24.7 Å². The fraction of sp³-hybridized carbons (Fsp3) is 0.231. The Morgan fingerprint density at radius 2 is 2.10 bits per heavy atom. The third kappa shape index (κ3) is 1.96. The maximum Gasteiger partial charge on any atom is 0.210 e. The highest BCUT2D eigenvalue weighted by Crippen LogP contribution is 2.43. The Labute approximate surface area is 119 Å². The molecule has 3 heterocycles. The summed E-state index contributed by atoms with van der Waals surface area (Å²) in [5, 5.41) is 7.48. The number of nitrogens with two attached hydrogens (primary N) is 1. The van der Waals surface area contributed by atoms with Crippen molar-refractivity contribution in [2.24, 2.45) is 0 Å². The molecule has 2 N–H and O–H groups in total. The molecule has 0 spiro atoms. The standard InChI is InChI=1S/C13H12N6S/c14-11-6-16-10(5-17-11)9-7-19(13-15-3-4-20-13)18-12(9)8-1-2-8/h3-8H,1-2H2,(H2,14,17). The molecule has 0 bridgehead atoms. The van der Waals surface area contributed by atoms with Crippen LogP contribution < -0.4 is 5.73 Å². The lowest BCUT2D eigenvalue weighted by molar-refractivity contribution is 0.830. The van der Waals surface area contributed by atoms with Crippen molar-refractivity contribution >= 4 is 17.2 Å². The number of hydrogen-bond acceptors (Lipinski definition) is 6. The first kappa shape index (κ1) is 11.5. The van der Waals surface area contributed by atoms with E-state index in [9.17, 15) is 0 Å². The zero-order chi connectivity index (χ0) is 13.5. The van der Waals surface area contributed by atoms with Crippen molar-refractivity contribution in [2.75, 3.05) is 5.73 Å². The zero-order valence-electron chi connectivity index (χ0n) is 10.6. The molecule has 0 atom stereocenters. The maximum atomic E-state index is 5.59. The van der Waals surface area contributed by atoms with E-state index in [0.29, 0.717) is 11.7 Å². The molecule has 1 fully saturated rings. The van der Waals surface area contributed by atoms with Gasteiger partial charge in [-0.25, -0.2) is 14.6 Å². The molecule has 1 aliphatic rings. The summed E-state index contributed by atoms with van der Waals surface area (Å²) in [6, 6.07) is 0. The van der Waals surface area contributed by atoms with Gasteiger partial charge in [0.25, 0.3) is 0 Å². The van der Waals surface area contributed by atoms with Crippen molar-refractivity contribution in [1.29, 1.82) is 0 Å². The second-order valence-corrected chi connectivity index (χ2v) is 5.66. The molecule has 100 valence electrons. The summed E-state index contributed by atoms with van der Waals surface area (Å²) in [5.41, 5.74) is 8.51. The molecule has 0 amide bonds. The van der Waals surface area contributed by atoms with Crippen molar-refractivity contribution in [3.8, 4) is 16.4 Å². The molecule has 0 aromatic carbocycles. The van der Waals surface area contributed by atoms with Gasteiger partial charge in [-0.3, -0.25) is 4.98 Å². The van der Waals surface area contributed by atoms with Crippen LogP contribution in [0.5, 0.6) is 0 Å². The van der Waals surface area contributed by atoms with Crippen molar-refractivity contribution in [2.45, 2.75) is 18.8 Å². The molecule has 0 saturated heterocycles. The molecule has 6 nitrogen and oxygen atoms in total. The Bertz CT molecular complexity index is 727. The molecular weight excluding hydrogens is 272 g/mol. The van der Waals surface area contributed by atoms with E-state index in [4.69, 9.17) is 5.73 Å². The maximum absolute atomic E-state index is 5.59. The molecule has 7 heteroatoms. The van der Waals surface area contributed by atoms with Crippen molar-refractivity contribution in [3.63, 3.8) is 0 Å². The lowest BCUT2D eigenvalue weighted by Crippen LogP contribution is -1.94. The summed E-state index contributed by atoms with van der Waals surface area (Å²) in [6.45, 7) is 0. The summed E-state index contributed by atoms with van der Waals surface area (Å²) in [6.07, 6.45) is 9.40. The molecule has 3 aromatic rings. The average molecular weight is 284 g/mol. The Hall–Kier alpha value is -2.28. The minimum absolute atomic E-state index is 0.425. The molecule has 4 rings (SSSR count). The van der Waals surface area contributed by atoms with Crippen molar-refractivity contribution in [1.82, 2.24) is 24.7 Å². The van der Waals surface area contributed by atoms with Crippen molar-refractivity contribution < 1.29 is 0 Å². The third-order valence-electron chi connectivity index (χ3n) is 3.27. The van der Waals surface area contributed by atoms with Crippen molar-refractivity contribution in [3.05, 3.63) is 35.9 Å². The zero-order valence-corrected chi connectivity index (χ0v) is 11.4. The summed E-state index contributed by atoms with van der Waals surface area (Å²) in [4.78, 5) is 12.8. The Morgan fingerprint density at radius 1 is 1.20 bits per heavy atom. The monoisotopic (exact) mass is 284 g/mol. The van der Waals surface area contributed by atoms with Gasteiger partial charge in [-0.05, 0) is 12.8 Å². The molecule has 1 saturated carbocycles. The Morgan fingerprint density at radius 3 is 2.75 bits per heavy atom. The van der Waals surface area contributed by atoms with Crippen LogP contribution in [0.15, 0.2) is 30.2 Å². The van der Waals surface area contributed by atoms with Crippen LogP contribution in [-0.2, 0) is 0 Å². The smallest absolute Gasteiger partial charge is 0.210 e. The van der Waals surface area contributed by atoms with E-state index in [1.54, 1.807) is 29.9 Å². The second-order valence-electron chi connectivity index (χ2n) is 4.79. The number of thiazole rings is 1. The highest BCUT2D eigenvalue weighted by molar-refractivity contribution is 7.12. The lowest BCUT2D eigenvalue weighted by atomic mass is 10.1. The predicted molar refractivity (Wildman–Crippen MR) is 76.6 cm³/mol. The number of aromatic nitrogens is 5. The number of rotatable bonds is 3. The normalized spacial score (nSPS) is 14.6. The Kier molecular flexibility index (Phi) is 2.53. The van der Waals surface area contributed by atoms with E-state index in [-0.39, 0.29) is 0 Å². The first-order valence-corrected chi connectivity index (χ1v) is 7.26. The van der Waals surface area contributed by atoms with Gasteiger partial charge < -0.3 is 5.73 Å². The van der Waals surface area contributed by atoms with E-state index in [1.807, 2.05) is 16.3 Å². The van der Waals surface area contributed by atoms with Crippen LogP contribution in [0, 0.1) is 0 Å². The molecular formula is C13H12N6S. The lowest BCUT2D eigenvalue weighted by Gasteiger charge is -1.99. The summed E-state index contributed by atoms with van der Waals surface area (Å²) < 4.78 is 1.83. The van der Waals surface area contributed by atoms with E-state index in [1.165, 1.54) is 12.8 Å². The Balaban J connectivity index is 1.83. The van der Waals surface area contributed by atoms with Gasteiger partial charge >= 0.3 is 0 Å². The van der Waals surface area contributed by atoms with E-state index >= 15 is 0 Å². The van der Waals surface area contributed by atoms with Gasteiger partial charge in [-0.1, -0.05) is 0 Å². The molecule has 20 heavy (non-hydrogen) atoms. The number of nitrogens with zero attached hydrogens (tertiary/aromatic N) is 5. The topological polar surface area (TPSA) is 82.5 Å². The highest BCUT2D eigenvalue weighted by Gasteiger charge is 2.30. The molecule has 0 aliphatic heterocycles. The number of nitrogen functional groups attached to an aromatic ring is 1. The fourth-order valence-electron chi connectivity index (χ4n) is 2.15. The van der Waals surface area contributed by atoms with E-state index < -0.39 is 0 Å². The van der Waals surface area contributed by atoms with Gasteiger partial charge in [0, 0.05) is 29.3 Å². The molecule has 0 unspecified atom stereocenters. The van der Waals surface area contributed by atoms with Crippen LogP contribution in [0.2, 0.25) is 0 Å². The number of hydrogen-bond donors (Lipinski definition) is 1.